The molecule has 2 atom stereocenters. The first-order valence-corrected chi connectivity index (χ1v) is 14.1. The average Bonchev–Trinajstić information content (AvgIpc) is 3.73. The molecule has 43 heavy (non-hydrogen) atoms. The Balaban J connectivity index is 1.21. The topological polar surface area (TPSA) is 108 Å². The van der Waals surface area contributed by atoms with E-state index in [0.29, 0.717) is 42.9 Å². The molecule has 2 aliphatic heterocycles. The van der Waals surface area contributed by atoms with E-state index in [1.165, 1.54) is 6.07 Å². The Morgan fingerprint density at radius 3 is 2.74 bits per heavy atom. The van der Waals surface area contributed by atoms with Gasteiger partial charge >= 0.3 is 6.18 Å². The third-order valence-corrected chi connectivity index (χ3v) is 8.16. The second kappa shape index (κ2) is 11.6. The van der Waals surface area contributed by atoms with E-state index in [-0.39, 0.29) is 47.5 Å². The van der Waals surface area contributed by atoms with Crippen LogP contribution in [-0.4, -0.2) is 70.0 Å². The van der Waals surface area contributed by atoms with Gasteiger partial charge in [0.25, 0.3) is 5.91 Å². The van der Waals surface area contributed by atoms with Gasteiger partial charge in [-0.2, -0.15) is 18.2 Å². The van der Waals surface area contributed by atoms with Gasteiger partial charge in [0.05, 0.1) is 36.0 Å². The molecule has 0 saturated carbocycles. The Morgan fingerprint density at radius 1 is 1.16 bits per heavy atom. The fraction of sp³-hybridized carbons (Fsp3) is 0.483. The second-order valence-corrected chi connectivity index (χ2v) is 11.2. The van der Waals surface area contributed by atoms with Crippen molar-refractivity contribution in [3.05, 3.63) is 54.2 Å². The van der Waals surface area contributed by atoms with Crippen LogP contribution < -0.4 is 10.6 Å². The van der Waals surface area contributed by atoms with Crippen molar-refractivity contribution in [3.63, 3.8) is 0 Å². The SMILES string of the molecule is CC1(n2ccc(C(=O)NCc3nc(-c4cc5c(N[C@H]6CCOC[C@H]6F)cccc5n4CC(F)(F)F)no3)c2)CCOCC1. The molecule has 1 amide bonds. The van der Waals surface area contributed by atoms with Crippen molar-refractivity contribution in [2.24, 2.45) is 0 Å². The number of hydrogen-bond acceptors (Lipinski definition) is 7. The zero-order chi connectivity index (χ0) is 30.2. The van der Waals surface area contributed by atoms with Gasteiger partial charge in [0, 0.05) is 48.8 Å². The Kier molecular flexibility index (Phi) is 7.90. The molecule has 14 heteroatoms. The van der Waals surface area contributed by atoms with E-state index in [2.05, 4.69) is 27.7 Å². The number of anilines is 1. The molecule has 2 N–H and O–H groups in total. The zero-order valence-corrected chi connectivity index (χ0v) is 23.5. The van der Waals surface area contributed by atoms with E-state index >= 15 is 0 Å². The normalized spacial score (nSPS) is 20.8. The number of carbonyl (C=O) groups is 1. The highest BCUT2D eigenvalue weighted by molar-refractivity contribution is 5.96. The average molecular weight is 605 g/mol. The minimum Gasteiger partial charge on any atom is -0.381 e. The smallest absolute Gasteiger partial charge is 0.381 e. The maximum atomic E-state index is 14.4. The van der Waals surface area contributed by atoms with Crippen LogP contribution in [0.4, 0.5) is 23.2 Å². The number of hydrogen-bond donors (Lipinski definition) is 2. The van der Waals surface area contributed by atoms with Crippen molar-refractivity contribution >= 4 is 22.5 Å². The third-order valence-electron chi connectivity index (χ3n) is 8.16. The first-order chi connectivity index (χ1) is 20.6. The van der Waals surface area contributed by atoms with Crippen LogP contribution in [0.2, 0.25) is 0 Å². The summed E-state index contributed by atoms with van der Waals surface area (Å²) in [6.45, 7) is 2.37. The maximum absolute atomic E-state index is 14.4. The van der Waals surface area contributed by atoms with Crippen LogP contribution in [0.15, 0.2) is 47.2 Å². The summed E-state index contributed by atoms with van der Waals surface area (Å²) in [5, 5.41) is 10.2. The number of aromatic nitrogens is 4. The van der Waals surface area contributed by atoms with Crippen molar-refractivity contribution < 1.29 is 36.4 Å². The van der Waals surface area contributed by atoms with Gasteiger partial charge in [0.1, 0.15) is 12.7 Å². The van der Waals surface area contributed by atoms with Gasteiger partial charge in [-0.05, 0) is 50.5 Å². The molecule has 10 nitrogen and oxygen atoms in total. The summed E-state index contributed by atoms with van der Waals surface area (Å²) in [6, 6.07) is 7.58. The lowest BCUT2D eigenvalue weighted by Crippen LogP contribution is -2.39. The van der Waals surface area contributed by atoms with Crippen LogP contribution in [0.3, 0.4) is 0 Å². The lowest BCUT2D eigenvalue weighted by atomic mass is 9.92. The van der Waals surface area contributed by atoms with E-state index in [1.54, 1.807) is 30.5 Å². The molecule has 2 saturated heterocycles. The molecular formula is C29H32F4N6O4. The monoisotopic (exact) mass is 604 g/mol. The number of ether oxygens (including phenoxy) is 2. The number of nitrogens with zero attached hydrogens (tertiary/aromatic N) is 4. The number of amides is 1. The highest BCUT2D eigenvalue weighted by atomic mass is 19.4. The van der Waals surface area contributed by atoms with Crippen LogP contribution in [0.25, 0.3) is 22.4 Å². The number of fused-ring (bicyclic) bond motifs is 1. The number of halogens is 4. The molecular weight excluding hydrogens is 572 g/mol. The summed E-state index contributed by atoms with van der Waals surface area (Å²) in [5.74, 6) is -0.386. The summed E-state index contributed by atoms with van der Waals surface area (Å²) in [5.41, 5.74) is 1.17. The highest BCUT2D eigenvalue weighted by Gasteiger charge is 2.32. The lowest BCUT2D eigenvalue weighted by molar-refractivity contribution is -0.139. The quantitative estimate of drug-likeness (QED) is 0.271. The summed E-state index contributed by atoms with van der Waals surface area (Å²) in [4.78, 5) is 17.1. The van der Waals surface area contributed by atoms with Crippen molar-refractivity contribution in [3.8, 4) is 11.5 Å². The first kappa shape index (κ1) is 29.2. The molecule has 0 aliphatic carbocycles. The van der Waals surface area contributed by atoms with Gasteiger partial charge in [0.15, 0.2) is 0 Å². The number of rotatable bonds is 8. The molecule has 0 radical (unpaired) electrons. The van der Waals surface area contributed by atoms with Crippen LogP contribution in [-0.2, 0) is 28.1 Å². The molecule has 2 fully saturated rings. The minimum absolute atomic E-state index is 0.0313. The van der Waals surface area contributed by atoms with Crippen LogP contribution >= 0.6 is 0 Å². The van der Waals surface area contributed by atoms with Crippen molar-refractivity contribution in [2.75, 3.05) is 31.7 Å². The van der Waals surface area contributed by atoms with Gasteiger partial charge in [-0.3, -0.25) is 4.79 Å². The molecule has 0 spiro atoms. The predicted octanol–water partition coefficient (Wildman–Crippen LogP) is 5.05. The van der Waals surface area contributed by atoms with Crippen molar-refractivity contribution in [1.29, 1.82) is 0 Å². The molecule has 6 rings (SSSR count). The van der Waals surface area contributed by atoms with E-state index in [4.69, 9.17) is 14.0 Å². The van der Waals surface area contributed by atoms with Gasteiger partial charge in [-0.25, -0.2) is 4.39 Å². The minimum atomic E-state index is -4.53. The number of carbonyl (C=O) groups excluding carboxylic acids is 1. The summed E-state index contributed by atoms with van der Waals surface area (Å²) in [7, 11) is 0. The number of benzene rings is 1. The molecule has 3 aromatic heterocycles. The predicted molar refractivity (Wildman–Crippen MR) is 148 cm³/mol. The molecule has 230 valence electrons. The summed E-state index contributed by atoms with van der Waals surface area (Å²) < 4.78 is 74.4. The van der Waals surface area contributed by atoms with E-state index in [1.807, 2.05) is 10.8 Å². The highest BCUT2D eigenvalue weighted by Crippen LogP contribution is 2.35. The van der Waals surface area contributed by atoms with Gasteiger partial charge in [0.2, 0.25) is 11.7 Å². The van der Waals surface area contributed by atoms with E-state index in [9.17, 15) is 22.4 Å². The van der Waals surface area contributed by atoms with E-state index in [0.717, 1.165) is 17.4 Å². The Hall–Kier alpha value is -3.91. The molecule has 4 aromatic rings. The zero-order valence-electron chi connectivity index (χ0n) is 23.5. The van der Waals surface area contributed by atoms with E-state index < -0.39 is 24.9 Å². The first-order valence-electron chi connectivity index (χ1n) is 14.1. The molecule has 1 aromatic carbocycles. The molecule has 0 bridgehead atoms. The molecule has 2 aliphatic rings. The molecule has 5 heterocycles. The molecule has 0 unspecified atom stereocenters. The van der Waals surface area contributed by atoms with Gasteiger partial charge < -0.3 is 33.8 Å². The van der Waals surface area contributed by atoms with Gasteiger partial charge in [-0.1, -0.05) is 11.2 Å². The van der Waals surface area contributed by atoms with Crippen LogP contribution in [0.5, 0.6) is 0 Å². The lowest BCUT2D eigenvalue weighted by Gasteiger charge is -2.35. The summed E-state index contributed by atoms with van der Waals surface area (Å²) in [6.07, 6.45) is -0.0422. The fourth-order valence-corrected chi connectivity index (χ4v) is 5.64. The standard InChI is InChI=1S/C29H32F4N6O4/c1-28(7-11-41-12-8-28)38-9-5-18(15-38)27(40)34-14-25-36-26(37-43-25)24-13-19-21(35-22-6-10-42-16-20(22)30)3-2-4-23(19)39(24)17-29(31,32)33/h2-5,9,13,15,20,22,35H,6-8,10-12,14,16-17H2,1H3,(H,34,40)/t20-,22+/m1/s1. The number of nitrogens with one attached hydrogen (secondary N) is 2. The number of alkyl halides is 4. The largest absolute Gasteiger partial charge is 0.406 e. The second-order valence-electron chi connectivity index (χ2n) is 11.2. The maximum Gasteiger partial charge on any atom is 0.406 e. The van der Waals surface area contributed by atoms with Crippen molar-refractivity contribution in [2.45, 2.75) is 63.2 Å². The van der Waals surface area contributed by atoms with Crippen LogP contribution in [0.1, 0.15) is 42.4 Å². The Labute approximate surface area is 244 Å². The summed E-state index contributed by atoms with van der Waals surface area (Å²) >= 11 is 0. The fourth-order valence-electron chi connectivity index (χ4n) is 5.64. The Morgan fingerprint density at radius 2 is 1.98 bits per heavy atom. The van der Waals surface area contributed by atoms with Crippen LogP contribution in [0, 0.1) is 0 Å². The third kappa shape index (κ3) is 6.25. The Bertz CT molecular complexity index is 1590. The van der Waals surface area contributed by atoms with Crippen molar-refractivity contribution in [1.82, 2.24) is 24.6 Å². The van der Waals surface area contributed by atoms with Gasteiger partial charge in [-0.15, -0.1) is 0 Å².